The first-order chi connectivity index (χ1) is 16.9. The maximum Gasteiger partial charge on any atom is 0.343 e. The van der Waals surface area contributed by atoms with Crippen LogP contribution in [-0.4, -0.2) is 11.9 Å². The summed E-state index contributed by atoms with van der Waals surface area (Å²) in [6.45, 7) is 6.24. The molecule has 0 heterocycles. The molecule has 0 aromatic heterocycles. The van der Waals surface area contributed by atoms with Gasteiger partial charge in [-0.2, -0.15) is 0 Å². The Labute approximate surface area is 208 Å². The first kappa shape index (κ1) is 24.7. The van der Waals surface area contributed by atoms with Gasteiger partial charge in [0.15, 0.2) is 11.5 Å². The van der Waals surface area contributed by atoms with E-state index in [0.29, 0.717) is 34.5 Å². The Morgan fingerprint density at radius 2 is 1.31 bits per heavy atom. The number of carbonyl (C=O) groups excluding carboxylic acids is 2. The fourth-order valence-electron chi connectivity index (χ4n) is 4.92. The van der Waals surface area contributed by atoms with Crippen LogP contribution in [0.25, 0.3) is 0 Å². The summed E-state index contributed by atoms with van der Waals surface area (Å²) in [6.07, 6.45) is 6.65. The van der Waals surface area contributed by atoms with Crippen LogP contribution in [0.1, 0.15) is 89.3 Å². The lowest BCUT2D eigenvalue weighted by atomic mass is 9.79. The predicted octanol–water partition coefficient (Wildman–Crippen LogP) is 7.68. The van der Waals surface area contributed by atoms with Gasteiger partial charge in [-0.05, 0) is 73.4 Å². The topological polar surface area (TPSA) is 52.6 Å². The minimum absolute atomic E-state index is 0.332. The summed E-state index contributed by atoms with van der Waals surface area (Å²) in [7, 11) is 0. The van der Waals surface area contributed by atoms with Crippen molar-refractivity contribution in [3.8, 4) is 11.5 Å². The van der Waals surface area contributed by atoms with Crippen molar-refractivity contribution >= 4 is 11.9 Å². The Bertz CT molecular complexity index is 1160. The van der Waals surface area contributed by atoms with Gasteiger partial charge < -0.3 is 9.47 Å². The second-order valence-corrected chi connectivity index (χ2v) is 9.86. The average molecular weight is 471 g/mol. The Balaban J connectivity index is 1.82. The van der Waals surface area contributed by atoms with Crippen LogP contribution in [0.15, 0.2) is 66.7 Å². The third-order valence-corrected chi connectivity index (χ3v) is 6.62. The third kappa shape index (κ3) is 6.00. The van der Waals surface area contributed by atoms with Gasteiger partial charge in [0.25, 0.3) is 0 Å². The molecule has 0 saturated heterocycles. The molecule has 0 unspecified atom stereocenters. The van der Waals surface area contributed by atoms with Crippen LogP contribution in [0.3, 0.4) is 0 Å². The van der Waals surface area contributed by atoms with Crippen LogP contribution >= 0.6 is 0 Å². The lowest BCUT2D eigenvalue weighted by Crippen LogP contribution is -2.18. The van der Waals surface area contributed by atoms with E-state index in [0.717, 1.165) is 30.4 Å². The van der Waals surface area contributed by atoms with E-state index in [1.54, 1.807) is 36.4 Å². The maximum atomic E-state index is 13.2. The number of benzene rings is 3. The summed E-state index contributed by atoms with van der Waals surface area (Å²) in [4.78, 5) is 26.2. The van der Waals surface area contributed by atoms with Gasteiger partial charge in [0.2, 0.25) is 0 Å². The Morgan fingerprint density at radius 3 is 1.83 bits per heavy atom. The number of hydrogen-bond acceptors (Lipinski definition) is 4. The molecule has 1 saturated carbocycles. The number of ether oxygens (including phenoxy) is 2. The highest BCUT2D eigenvalue weighted by atomic mass is 16.6. The van der Waals surface area contributed by atoms with Gasteiger partial charge in [-0.15, -0.1) is 0 Å². The number of carbonyl (C=O) groups is 2. The lowest BCUT2D eigenvalue weighted by molar-refractivity contribution is 0.0679. The molecule has 0 aliphatic heterocycles. The molecular formula is C31H34O4. The van der Waals surface area contributed by atoms with E-state index in [1.165, 1.54) is 24.8 Å². The third-order valence-electron chi connectivity index (χ3n) is 6.62. The maximum absolute atomic E-state index is 13.2. The van der Waals surface area contributed by atoms with Crippen molar-refractivity contribution < 1.29 is 19.1 Å². The van der Waals surface area contributed by atoms with Gasteiger partial charge in [-0.1, -0.05) is 75.6 Å². The number of hydrogen-bond donors (Lipinski definition) is 0. The molecule has 1 aliphatic carbocycles. The quantitative estimate of drug-likeness (QED) is 0.262. The highest BCUT2D eigenvalue weighted by Gasteiger charge is 2.28. The van der Waals surface area contributed by atoms with E-state index in [9.17, 15) is 9.59 Å². The summed E-state index contributed by atoms with van der Waals surface area (Å²) in [5.74, 6) is 0.561. The minimum atomic E-state index is -0.466. The molecule has 3 aromatic carbocycles. The number of aryl methyl sites for hydroxylation is 1. The molecule has 1 fully saturated rings. The largest absolute Gasteiger partial charge is 0.419 e. The van der Waals surface area contributed by atoms with Crippen LogP contribution in [0, 0.1) is 12.8 Å². The Hall–Kier alpha value is -3.40. The molecular weight excluding hydrogens is 436 g/mol. The molecule has 4 nitrogen and oxygen atoms in total. The summed E-state index contributed by atoms with van der Waals surface area (Å²) in [5.41, 5.74) is 3.93. The van der Waals surface area contributed by atoms with Crippen LogP contribution in [-0.2, 0) is 6.42 Å². The monoisotopic (exact) mass is 470 g/mol. The van der Waals surface area contributed by atoms with Crippen molar-refractivity contribution in [2.75, 3.05) is 0 Å². The van der Waals surface area contributed by atoms with Crippen LogP contribution in [0.4, 0.5) is 0 Å². The van der Waals surface area contributed by atoms with Gasteiger partial charge >= 0.3 is 11.9 Å². The molecule has 0 amide bonds. The zero-order chi connectivity index (χ0) is 24.8. The molecule has 0 radical (unpaired) electrons. The van der Waals surface area contributed by atoms with Crippen molar-refractivity contribution in [3.63, 3.8) is 0 Å². The summed E-state index contributed by atoms with van der Waals surface area (Å²) in [6, 6.07) is 20.0. The van der Waals surface area contributed by atoms with Crippen molar-refractivity contribution in [3.05, 3.63) is 94.5 Å². The molecule has 1 aliphatic rings. The fourth-order valence-corrected chi connectivity index (χ4v) is 4.92. The summed E-state index contributed by atoms with van der Waals surface area (Å²) in [5, 5.41) is 0. The van der Waals surface area contributed by atoms with Gasteiger partial charge in [0.05, 0.1) is 11.1 Å². The summed E-state index contributed by atoms with van der Waals surface area (Å²) >= 11 is 0. The SMILES string of the molecule is Cc1cc(C2CCCCC2)c(CC(C)C)c(OC(=O)c2ccccc2)c1OC(=O)c1ccccc1. The average Bonchev–Trinajstić information content (AvgIpc) is 2.88. The molecule has 0 bridgehead atoms. The van der Waals surface area contributed by atoms with E-state index < -0.39 is 11.9 Å². The fraction of sp³-hybridized carbons (Fsp3) is 0.355. The van der Waals surface area contributed by atoms with E-state index in [2.05, 4.69) is 19.9 Å². The first-order valence-corrected chi connectivity index (χ1v) is 12.6. The molecule has 3 aromatic rings. The lowest BCUT2D eigenvalue weighted by Gasteiger charge is -2.28. The van der Waals surface area contributed by atoms with Crippen LogP contribution in [0.2, 0.25) is 0 Å². The highest BCUT2D eigenvalue weighted by Crippen LogP contribution is 2.45. The van der Waals surface area contributed by atoms with Crippen LogP contribution < -0.4 is 9.47 Å². The Kier molecular flexibility index (Phi) is 8.02. The van der Waals surface area contributed by atoms with E-state index in [1.807, 2.05) is 31.2 Å². The predicted molar refractivity (Wildman–Crippen MR) is 138 cm³/mol. The zero-order valence-electron chi connectivity index (χ0n) is 20.9. The smallest absolute Gasteiger partial charge is 0.343 e. The Morgan fingerprint density at radius 1 is 0.800 bits per heavy atom. The van der Waals surface area contributed by atoms with Crippen LogP contribution in [0.5, 0.6) is 11.5 Å². The number of rotatable bonds is 7. The van der Waals surface area contributed by atoms with E-state index >= 15 is 0 Å². The van der Waals surface area contributed by atoms with Crippen molar-refractivity contribution in [1.29, 1.82) is 0 Å². The molecule has 4 heteroatoms. The summed E-state index contributed by atoms with van der Waals surface area (Å²) < 4.78 is 12.0. The molecule has 0 spiro atoms. The van der Waals surface area contributed by atoms with E-state index in [-0.39, 0.29) is 0 Å². The van der Waals surface area contributed by atoms with Gasteiger partial charge in [0, 0.05) is 5.56 Å². The van der Waals surface area contributed by atoms with E-state index in [4.69, 9.17) is 9.47 Å². The van der Waals surface area contributed by atoms with Gasteiger partial charge in [-0.25, -0.2) is 9.59 Å². The normalized spacial score (nSPS) is 14.1. The van der Waals surface area contributed by atoms with Gasteiger partial charge in [-0.3, -0.25) is 0 Å². The first-order valence-electron chi connectivity index (χ1n) is 12.6. The van der Waals surface area contributed by atoms with Crippen molar-refractivity contribution in [2.45, 2.75) is 65.2 Å². The molecule has 0 N–H and O–H groups in total. The van der Waals surface area contributed by atoms with Gasteiger partial charge in [0.1, 0.15) is 0 Å². The standard InChI is InChI=1S/C31H34O4/c1-21(2)19-27-26(23-13-7-4-8-14-23)20-22(3)28(34-30(32)24-15-9-5-10-16-24)29(27)35-31(33)25-17-11-6-12-18-25/h5-6,9-12,15-18,20-21,23H,4,7-8,13-14,19H2,1-3H3. The van der Waals surface area contributed by atoms with Crippen molar-refractivity contribution in [1.82, 2.24) is 0 Å². The molecule has 182 valence electrons. The molecule has 4 rings (SSSR count). The highest BCUT2D eigenvalue weighted by molar-refractivity contribution is 5.93. The molecule has 35 heavy (non-hydrogen) atoms. The zero-order valence-corrected chi connectivity index (χ0v) is 20.9. The minimum Gasteiger partial charge on any atom is -0.419 e. The van der Waals surface area contributed by atoms with Crippen molar-refractivity contribution in [2.24, 2.45) is 5.92 Å². The second-order valence-electron chi connectivity index (χ2n) is 9.86. The number of esters is 2. The molecule has 0 atom stereocenters. The second kappa shape index (κ2) is 11.4.